The zero-order valence-corrected chi connectivity index (χ0v) is 6.60. The number of para-hydroxylation sites is 1. The molecule has 1 rings (SSSR count). The molecule has 0 aliphatic rings. The third-order valence-electron chi connectivity index (χ3n) is 1.50. The van der Waals surface area contributed by atoms with Crippen LogP contribution >= 0.6 is 0 Å². The summed E-state index contributed by atoms with van der Waals surface area (Å²) in [6.45, 7) is -0.521. The highest BCUT2D eigenvalue weighted by molar-refractivity contribution is 5.52. The number of aliphatic hydroxyl groups excluding tert-OH is 1. The van der Waals surface area contributed by atoms with Crippen LogP contribution in [0.3, 0.4) is 0 Å². The summed E-state index contributed by atoms with van der Waals surface area (Å²) in [6, 6.07) is 4.98. The lowest BCUT2D eigenvalue weighted by Gasteiger charge is -2.12. The van der Waals surface area contributed by atoms with Crippen molar-refractivity contribution in [1.29, 1.82) is 0 Å². The van der Waals surface area contributed by atoms with Gasteiger partial charge in [0, 0.05) is 5.69 Å². The molecule has 0 fully saturated rings. The zero-order valence-electron chi connectivity index (χ0n) is 6.60. The fraction of sp³-hybridized carbons (Fsp3) is 0.250. The van der Waals surface area contributed by atoms with Crippen molar-refractivity contribution in [3.05, 3.63) is 29.8 Å². The minimum absolute atomic E-state index is 0.113. The predicted octanol–water partition coefficient (Wildman–Crippen LogP) is 2.07. The molecule has 0 aromatic heterocycles. The van der Waals surface area contributed by atoms with Crippen LogP contribution in [0.15, 0.2) is 24.3 Å². The Morgan fingerprint density at radius 1 is 1.23 bits per heavy atom. The molecule has 1 aromatic carbocycles. The second kappa shape index (κ2) is 3.66. The molecule has 13 heavy (non-hydrogen) atoms. The third kappa shape index (κ3) is 2.35. The van der Waals surface area contributed by atoms with E-state index in [1.54, 1.807) is 0 Å². The Balaban J connectivity index is 3.05. The van der Waals surface area contributed by atoms with Crippen LogP contribution in [0.1, 0.15) is 5.56 Å². The van der Waals surface area contributed by atoms with Gasteiger partial charge in [-0.25, -0.2) is 0 Å². The second-order valence-electron chi connectivity index (χ2n) is 2.38. The Hall–Kier alpha value is -1.23. The molecule has 0 spiro atoms. The summed E-state index contributed by atoms with van der Waals surface area (Å²) in [5.74, 6) is 0. The van der Waals surface area contributed by atoms with E-state index in [0.717, 1.165) is 6.07 Å². The summed E-state index contributed by atoms with van der Waals surface area (Å²) in [6.07, 6.45) is -4.39. The van der Waals surface area contributed by atoms with E-state index >= 15 is 0 Å². The van der Waals surface area contributed by atoms with E-state index in [1.807, 2.05) is 0 Å². The van der Waals surface area contributed by atoms with Gasteiger partial charge < -0.3 is 10.4 Å². The van der Waals surface area contributed by atoms with Gasteiger partial charge in [-0.2, -0.15) is 13.2 Å². The zero-order chi connectivity index (χ0) is 9.90. The average Bonchev–Trinajstić information content (AvgIpc) is 2.04. The van der Waals surface area contributed by atoms with E-state index in [9.17, 15) is 13.2 Å². The molecular weight excluding hydrogens is 183 g/mol. The van der Waals surface area contributed by atoms with Gasteiger partial charge in [-0.3, -0.25) is 0 Å². The van der Waals surface area contributed by atoms with E-state index in [1.165, 1.54) is 18.2 Å². The van der Waals surface area contributed by atoms with Gasteiger partial charge >= 0.3 is 6.18 Å². The van der Waals surface area contributed by atoms with Gasteiger partial charge in [0.15, 0.2) is 0 Å². The molecule has 2 nitrogen and oxygen atoms in total. The summed E-state index contributed by atoms with van der Waals surface area (Å²) < 4.78 is 36.8. The first kappa shape index (κ1) is 9.85. The lowest BCUT2D eigenvalue weighted by Crippen LogP contribution is -2.10. The number of benzene rings is 1. The maximum Gasteiger partial charge on any atom is 0.418 e. The molecule has 2 N–H and O–H groups in total. The highest BCUT2D eigenvalue weighted by atomic mass is 19.4. The van der Waals surface area contributed by atoms with Gasteiger partial charge in [0.25, 0.3) is 0 Å². The Labute approximate surface area is 73.0 Å². The van der Waals surface area contributed by atoms with Gasteiger partial charge in [0.2, 0.25) is 0 Å². The third-order valence-corrected chi connectivity index (χ3v) is 1.50. The molecular formula is C8H8F3NO. The van der Waals surface area contributed by atoms with Crippen LogP contribution in [0.5, 0.6) is 0 Å². The summed E-state index contributed by atoms with van der Waals surface area (Å²) in [7, 11) is 0. The maximum atomic E-state index is 12.3. The van der Waals surface area contributed by atoms with Gasteiger partial charge in [0.1, 0.15) is 6.73 Å². The Morgan fingerprint density at radius 2 is 1.85 bits per heavy atom. The van der Waals surface area contributed by atoms with Gasteiger partial charge in [0.05, 0.1) is 5.56 Å². The molecule has 0 aliphatic carbocycles. The van der Waals surface area contributed by atoms with Crippen molar-refractivity contribution in [3.63, 3.8) is 0 Å². The van der Waals surface area contributed by atoms with Gasteiger partial charge in [-0.1, -0.05) is 12.1 Å². The van der Waals surface area contributed by atoms with Crippen LogP contribution in [0.4, 0.5) is 18.9 Å². The smallest absolute Gasteiger partial charge is 0.377 e. The summed E-state index contributed by atoms with van der Waals surface area (Å²) in [4.78, 5) is 0. The first-order valence-electron chi connectivity index (χ1n) is 3.56. The number of hydrogen-bond acceptors (Lipinski definition) is 2. The number of rotatable bonds is 2. The minimum Gasteiger partial charge on any atom is -0.377 e. The summed E-state index contributed by atoms with van der Waals surface area (Å²) in [5.41, 5.74) is -0.887. The molecule has 0 saturated heterocycles. The van der Waals surface area contributed by atoms with Crippen LogP contribution in [0.25, 0.3) is 0 Å². The van der Waals surface area contributed by atoms with Crippen molar-refractivity contribution in [3.8, 4) is 0 Å². The van der Waals surface area contributed by atoms with Gasteiger partial charge in [-0.15, -0.1) is 0 Å². The molecule has 0 saturated carbocycles. The molecule has 0 amide bonds. The SMILES string of the molecule is OCNc1ccccc1C(F)(F)F. The normalized spacial score (nSPS) is 11.4. The number of hydrogen-bond donors (Lipinski definition) is 2. The molecule has 1 aromatic rings. The first-order chi connectivity index (χ1) is 6.05. The molecule has 0 aliphatic heterocycles. The number of nitrogens with one attached hydrogen (secondary N) is 1. The molecule has 72 valence electrons. The number of anilines is 1. The molecule has 0 radical (unpaired) electrons. The first-order valence-corrected chi connectivity index (χ1v) is 3.56. The van der Waals surface area contributed by atoms with E-state index in [2.05, 4.69) is 5.32 Å². The van der Waals surface area contributed by atoms with E-state index in [-0.39, 0.29) is 5.69 Å². The van der Waals surface area contributed by atoms with Crippen molar-refractivity contribution >= 4 is 5.69 Å². The molecule has 0 unspecified atom stereocenters. The largest absolute Gasteiger partial charge is 0.418 e. The van der Waals surface area contributed by atoms with Crippen LogP contribution in [-0.2, 0) is 6.18 Å². The van der Waals surface area contributed by atoms with Crippen molar-refractivity contribution < 1.29 is 18.3 Å². The van der Waals surface area contributed by atoms with Crippen LogP contribution in [0, 0.1) is 0 Å². The van der Waals surface area contributed by atoms with Crippen molar-refractivity contribution in [1.82, 2.24) is 0 Å². The molecule has 0 atom stereocenters. The van der Waals surface area contributed by atoms with E-state index < -0.39 is 18.5 Å². The quantitative estimate of drug-likeness (QED) is 0.701. The Bertz CT molecular complexity index is 285. The van der Waals surface area contributed by atoms with Crippen LogP contribution in [0.2, 0.25) is 0 Å². The lowest BCUT2D eigenvalue weighted by molar-refractivity contribution is -0.137. The highest BCUT2D eigenvalue weighted by Crippen LogP contribution is 2.34. The second-order valence-corrected chi connectivity index (χ2v) is 2.38. The standard InChI is InChI=1S/C8H8F3NO/c9-8(10,11)6-3-1-2-4-7(6)12-5-13/h1-4,12-13H,5H2. The van der Waals surface area contributed by atoms with Gasteiger partial charge in [-0.05, 0) is 12.1 Å². The molecule has 0 bridgehead atoms. The number of halogens is 3. The monoisotopic (exact) mass is 191 g/mol. The fourth-order valence-electron chi connectivity index (χ4n) is 0.970. The topological polar surface area (TPSA) is 32.3 Å². The Morgan fingerprint density at radius 3 is 2.38 bits per heavy atom. The number of aliphatic hydroxyl groups is 1. The van der Waals surface area contributed by atoms with Crippen molar-refractivity contribution in [2.45, 2.75) is 6.18 Å². The average molecular weight is 191 g/mol. The summed E-state index contributed by atoms with van der Waals surface area (Å²) in [5, 5.41) is 10.6. The van der Waals surface area contributed by atoms with Crippen LogP contribution in [-0.4, -0.2) is 11.8 Å². The van der Waals surface area contributed by atoms with Crippen LogP contribution < -0.4 is 5.32 Å². The van der Waals surface area contributed by atoms with E-state index in [0.29, 0.717) is 0 Å². The fourth-order valence-corrected chi connectivity index (χ4v) is 0.970. The molecule has 0 heterocycles. The van der Waals surface area contributed by atoms with Crippen molar-refractivity contribution in [2.75, 3.05) is 12.0 Å². The predicted molar refractivity (Wildman–Crippen MR) is 42.2 cm³/mol. The summed E-state index contributed by atoms with van der Waals surface area (Å²) >= 11 is 0. The lowest BCUT2D eigenvalue weighted by atomic mass is 10.2. The highest BCUT2D eigenvalue weighted by Gasteiger charge is 2.32. The maximum absolute atomic E-state index is 12.3. The molecule has 5 heteroatoms. The van der Waals surface area contributed by atoms with Crippen molar-refractivity contribution in [2.24, 2.45) is 0 Å². The van der Waals surface area contributed by atoms with E-state index in [4.69, 9.17) is 5.11 Å². The Kier molecular flexibility index (Phi) is 2.77. The minimum atomic E-state index is -4.39. The number of alkyl halides is 3.